The Balaban J connectivity index is 1.00. The minimum Gasteiger partial charge on any atom is -0.491 e. The van der Waals surface area contributed by atoms with E-state index in [2.05, 4.69) is 43.6 Å². The van der Waals surface area contributed by atoms with Crippen LogP contribution in [-0.4, -0.2) is 57.5 Å². The zero-order valence-electron chi connectivity index (χ0n) is 28.0. The van der Waals surface area contributed by atoms with E-state index in [0.717, 1.165) is 64.3 Å². The Hall–Kier alpha value is -4.64. The summed E-state index contributed by atoms with van der Waals surface area (Å²) in [6.45, 7) is 6.39. The number of halogens is 1. The molecular weight excluding hydrogens is 674 g/mol. The number of benzene rings is 2. The van der Waals surface area contributed by atoms with Crippen molar-refractivity contribution in [2.24, 2.45) is 5.92 Å². The zero-order chi connectivity index (χ0) is 34.8. The molecule has 1 fully saturated rings. The molecule has 0 radical (unpaired) electrons. The molecule has 13 heteroatoms. The lowest BCUT2D eigenvalue weighted by Crippen LogP contribution is -2.27. The van der Waals surface area contributed by atoms with Crippen LogP contribution in [0.15, 0.2) is 42.5 Å². The minimum atomic E-state index is -1.09. The van der Waals surface area contributed by atoms with Gasteiger partial charge in [-0.25, -0.2) is 19.2 Å². The van der Waals surface area contributed by atoms with E-state index >= 15 is 4.39 Å². The van der Waals surface area contributed by atoms with Crippen molar-refractivity contribution in [3.05, 3.63) is 75.5 Å². The molecular formula is C37H38FN7O3S2. The maximum absolute atomic E-state index is 15.2. The third-order valence-corrected chi connectivity index (χ3v) is 11.9. The Labute approximate surface area is 298 Å². The Morgan fingerprint density at radius 2 is 2.08 bits per heavy atom. The minimum absolute atomic E-state index is 0.0204. The van der Waals surface area contributed by atoms with Gasteiger partial charge in [0.05, 0.1) is 23.4 Å². The molecule has 5 aromatic rings. The van der Waals surface area contributed by atoms with Gasteiger partial charge in [-0.1, -0.05) is 42.4 Å². The van der Waals surface area contributed by atoms with Gasteiger partial charge in [-0.3, -0.25) is 0 Å². The number of carboxylic acids is 1. The molecule has 1 aliphatic carbocycles. The highest BCUT2D eigenvalue weighted by Gasteiger charge is 2.53. The van der Waals surface area contributed by atoms with E-state index in [9.17, 15) is 9.90 Å². The van der Waals surface area contributed by atoms with Crippen LogP contribution in [0.3, 0.4) is 0 Å². The number of nitrogens with zero attached hydrogens (tertiary/aromatic N) is 5. The molecule has 2 aromatic carbocycles. The summed E-state index contributed by atoms with van der Waals surface area (Å²) in [7, 11) is 0. The summed E-state index contributed by atoms with van der Waals surface area (Å²) in [6, 6.07) is 13.2. The van der Waals surface area contributed by atoms with Crippen LogP contribution in [-0.2, 0) is 18.3 Å². The molecule has 1 saturated carbocycles. The molecule has 0 spiro atoms. The summed E-state index contributed by atoms with van der Waals surface area (Å²) < 4.78 is 22.1. The van der Waals surface area contributed by atoms with E-state index in [-0.39, 0.29) is 29.3 Å². The normalized spacial score (nSPS) is 18.1. The number of para-hydroxylation sites is 1. The molecule has 2 atom stereocenters. The summed E-state index contributed by atoms with van der Waals surface area (Å²) in [5.41, 5.74) is 3.92. The maximum Gasteiger partial charge on any atom is 0.355 e. The summed E-state index contributed by atoms with van der Waals surface area (Å²) >= 11 is 2.90. The molecule has 10 nitrogen and oxygen atoms in total. The third kappa shape index (κ3) is 6.63. The average Bonchev–Trinajstić information content (AvgIpc) is 3.43. The van der Waals surface area contributed by atoms with Crippen LogP contribution in [0.1, 0.15) is 64.7 Å². The molecule has 2 aliphatic rings. The van der Waals surface area contributed by atoms with E-state index in [0.29, 0.717) is 53.5 Å². The quantitative estimate of drug-likeness (QED) is 0.0792. The van der Waals surface area contributed by atoms with E-state index in [1.165, 1.54) is 11.3 Å². The SMILES string of the molecule is C#CCNCC1CC1(CC)c1ccc(OCCCc2sc(N3CCCc4c3nnc(Nc3nc5ccccc5s3)c4C)nc2C(=O)O)c(F)c1. The van der Waals surface area contributed by atoms with Crippen LogP contribution < -0.4 is 20.3 Å². The van der Waals surface area contributed by atoms with Crippen LogP contribution in [0.2, 0.25) is 0 Å². The molecule has 3 aromatic heterocycles. The number of aryl methyl sites for hydroxylation is 1. The van der Waals surface area contributed by atoms with Crippen molar-refractivity contribution in [1.82, 2.24) is 25.5 Å². The van der Waals surface area contributed by atoms with E-state index in [1.807, 2.05) is 42.2 Å². The van der Waals surface area contributed by atoms with Crippen molar-refractivity contribution in [1.29, 1.82) is 0 Å². The number of aromatic carboxylic acids is 1. The number of thiazole rings is 2. The lowest BCUT2D eigenvalue weighted by atomic mass is 9.90. The first kappa shape index (κ1) is 33.8. The van der Waals surface area contributed by atoms with E-state index < -0.39 is 5.97 Å². The Morgan fingerprint density at radius 1 is 1.22 bits per heavy atom. The number of carboxylic acid groups (broad SMARTS) is 1. The molecule has 2 unspecified atom stereocenters. The van der Waals surface area contributed by atoms with Gasteiger partial charge in [-0.05, 0) is 93.2 Å². The third-order valence-electron chi connectivity index (χ3n) is 9.82. The largest absolute Gasteiger partial charge is 0.491 e. The number of aromatic nitrogens is 4. The Bertz CT molecular complexity index is 2060. The van der Waals surface area contributed by atoms with Crippen LogP contribution in [0.4, 0.5) is 26.3 Å². The summed E-state index contributed by atoms with van der Waals surface area (Å²) in [5, 5.41) is 27.0. The lowest BCUT2D eigenvalue weighted by Gasteiger charge is -2.28. The number of carbonyl (C=O) groups is 1. The Kier molecular flexibility index (Phi) is 9.68. The average molecular weight is 712 g/mol. The summed E-state index contributed by atoms with van der Waals surface area (Å²) in [6.07, 6.45) is 9.90. The molecule has 0 amide bonds. The molecule has 0 bridgehead atoms. The summed E-state index contributed by atoms with van der Waals surface area (Å²) in [4.78, 5) is 24.0. The van der Waals surface area contributed by atoms with E-state index in [1.54, 1.807) is 23.5 Å². The monoisotopic (exact) mass is 711 g/mol. The van der Waals surface area contributed by atoms with Crippen molar-refractivity contribution < 1.29 is 19.0 Å². The number of hydrogen-bond acceptors (Lipinski definition) is 11. The van der Waals surface area contributed by atoms with Gasteiger partial charge in [0.1, 0.15) is 0 Å². The van der Waals surface area contributed by atoms with Gasteiger partial charge in [0.2, 0.25) is 0 Å². The molecule has 7 rings (SSSR count). The standard InChI is InChI=1S/C37H38FN7O3S2/c1-4-16-39-21-24-20-37(24,5-2)23-14-15-28(26(38)19-23)48-18-9-13-30-31(34(46)47)41-36(50-30)45-17-8-10-25-22(3)32(43-44-33(25)45)42-35-40-27-11-6-7-12-29(27)49-35/h1,6-7,11-12,14-15,19,24,39H,5,8-10,13,16-18,20-21H2,2-3H3,(H,46,47)(H,40,42,43). The van der Waals surface area contributed by atoms with Crippen LogP contribution >= 0.6 is 22.7 Å². The fraction of sp³-hybridized carbons (Fsp3) is 0.378. The second-order valence-electron chi connectivity index (χ2n) is 12.8. The first-order valence-corrected chi connectivity index (χ1v) is 18.5. The highest BCUT2D eigenvalue weighted by molar-refractivity contribution is 7.22. The lowest BCUT2D eigenvalue weighted by molar-refractivity contribution is 0.0690. The first-order valence-electron chi connectivity index (χ1n) is 16.9. The highest BCUT2D eigenvalue weighted by atomic mass is 32.1. The fourth-order valence-electron chi connectivity index (χ4n) is 7.00. The predicted octanol–water partition coefficient (Wildman–Crippen LogP) is 7.42. The highest BCUT2D eigenvalue weighted by Crippen LogP contribution is 2.56. The van der Waals surface area contributed by atoms with Gasteiger partial charge in [0.15, 0.2) is 39.2 Å². The molecule has 50 heavy (non-hydrogen) atoms. The van der Waals surface area contributed by atoms with Crippen LogP contribution in [0.5, 0.6) is 5.75 Å². The summed E-state index contributed by atoms with van der Waals surface area (Å²) in [5.74, 6) is 3.09. The molecule has 1 aliphatic heterocycles. The topological polar surface area (TPSA) is 125 Å². The number of fused-ring (bicyclic) bond motifs is 2. The molecule has 4 heterocycles. The smallest absolute Gasteiger partial charge is 0.355 e. The number of ether oxygens (including phenoxy) is 1. The number of rotatable bonds is 14. The number of hydrogen-bond donors (Lipinski definition) is 3. The first-order chi connectivity index (χ1) is 24.3. The number of anilines is 4. The maximum atomic E-state index is 15.2. The van der Waals surface area contributed by atoms with Gasteiger partial charge in [0.25, 0.3) is 0 Å². The zero-order valence-corrected chi connectivity index (χ0v) is 29.6. The fourth-order valence-corrected chi connectivity index (χ4v) is 8.99. The second kappa shape index (κ2) is 14.3. The Morgan fingerprint density at radius 3 is 2.86 bits per heavy atom. The van der Waals surface area contributed by atoms with Crippen LogP contribution in [0.25, 0.3) is 10.2 Å². The molecule has 258 valence electrons. The molecule has 0 saturated heterocycles. The van der Waals surface area contributed by atoms with Crippen molar-refractivity contribution in [3.63, 3.8) is 0 Å². The van der Waals surface area contributed by atoms with Crippen molar-refractivity contribution in [2.45, 2.75) is 57.8 Å². The van der Waals surface area contributed by atoms with Crippen molar-refractivity contribution in [2.75, 3.05) is 36.5 Å². The van der Waals surface area contributed by atoms with Crippen molar-refractivity contribution >= 4 is 60.8 Å². The van der Waals surface area contributed by atoms with Crippen LogP contribution in [0, 0.1) is 31.0 Å². The number of nitrogens with one attached hydrogen (secondary N) is 2. The van der Waals surface area contributed by atoms with Gasteiger partial charge < -0.3 is 25.4 Å². The van der Waals surface area contributed by atoms with Gasteiger partial charge in [-0.15, -0.1) is 28.0 Å². The van der Waals surface area contributed by atoms with Gasteiger partial charge in [-0.2, -0.15) is 0 Å². The van der Waals surface area contributed by atoms with Crippen molar-refractivity contribution in [3.8, 4) is 18.1 Å². The van der Waals surface area contributed by atoms with E-state index in [4.69, 9.17) is 11.2 Å². The second-order valence-corrected chi connectivity index (χ2v) is 14.9. The van der Waals surface area contributed by atoms with Gasteiger partial charge in [0, 0.05) is 22.5 Å². The van der Waals surface area contributed by atoms with Gasteiger partial charge >= 0.3 is 5.97 Å². The predicted molar refractivity (Wildman–Crippen MR) is 196 cm³/mol. The number of terminal acetylenes is 1. The molecule has 3 N–H and O–H groups in total.